The van der Waals surface area contributed by atoms with E-state index in [2.05, 4.69) is 5.32 Å². The van der Waals surface area contributed by atoms with Crippen LogP contribution in [0, 0.1) is 6.54 Å². The van der Waals surface area contributed by atoms with Crippen molar-refractivity contribution in [2.45, 2.75) is 13.3 Å². The van der Waals surface area contributed by atoms with E-state index in [1.54, 1.807) is 7.11 Å². The molecule has 0 aromatic rings. The average Bonchev–Trinajstić information content (AvgIpc) is 1.81. The summed E-state index contributed by atoms with van der Waals surface area (Å²) < 4.78 is 4.83. The van der Waals surface area contributed by atoms with Gasteiger partial charge in [0.15, 0.2) is 0 Å². The maximum Gasteiger partial charge on any atom is 0.0474 e. The minimum absolute atomic E-state index is 0.848. The molecule has 0 fully saturated rings. The second-order valence-electron chi connectivity index (χ2n) is 1.59. The smallest absolute Gasteiger partial charge is 0.0474 e. The summed E-state index contributed by atoms with van der Waals surface area (Å²) in [5.74, 6) is 0. The van der Waals surface area contributed by atoms with Crippen molar-refractivity contribution in [3.8, 4) is 0 Å². The molecule has 1 N–H and O–H groups in total. The Morgan fingerprint density at radius 2 is 2.38 bits per heavy atom. The molecule has 2 heteroatoms. The summed E-state index contributed by atoms with van der Waals surface area (Å²) in [6.07, 6.45) is 1.08. The molecular weight excluding hydrogens is 102 g/mol. The molecule has 0 spiro atoms. The third-order valence-corrected chi connectivity index (χ3v) is 0.874. The molecule has 0 bridgehead atoms. The van der Waals surface area contributed by atoms with Crippen LogP contribution in [0.25, 0.3) is 0 Å². The van der Waals surface area contributed by atoms with E-state index in [1.165, 1.54) is 0 Å². The Kier molecular flexibility index (Phi) is 6.85. The van der Waals surface area contributed by atoms with Crippen LogP contribution in [0.4, 0.5) is 0 Å². The van der Waals surface area contributed by atoms with Gasteiger partial charge in [-0.25, -0.2) is 0 Å². The van der Waals surface area contributed by atoms with Crippen LogP contribution in [0.2, 0.25) is 0 Å². The molecule has 0 amide bonds. The highest BCUT2D eigenvalue weighted by Crippen LogP contribution is 1.76. The van der Waals surface area contributed by atoms with Gasteiger partial charge < -0.3 is 10.1 Å². The van der Waals surface area contributed by atoms with Gasteiger partial charge in [0, 0.05) is 20.3 Å². The molecule has 0 aliphatic carbocycles. The van der Waals surface area contributed by atoms with E-state index in [0.717, 1.165) is 19.6 Å². The lowest BCUT2D eigenvalue weighted by Crippen LogP contribution is -2.11. The van der Waals surface area contributed by atoms with Crippen LogP contribution < -0.4 is 5.32 Å². The van der Waals surface area contributed by atoms with Crippen molar-refractivity contribution >= 4 is 0 Å². The average molecular weight is 116 g/mol. The Morgan fingerprint density at radius 1 is 1.62 bits per heavy atom. The summed E-state index contributed by atoms with van der Waals surface area (Å²) in [6.45, 7) is 5.79. The molecule has 0 aliphatic heterocycles. The van der Waals surface area contributed by atoms with Crippen LogP contribution in [0.3, 0.4) is 0 Å². The summed E-state index contributed by atoms with van der Waals surface area (Å²) in [7, 11) is 1.72. The molecule has 0 aromatic heterocycles. The van der Waals surface area contributed by atoms with Crippen LogP contribution in [-0.2, 0) is 4.74 Å². The fourth-order valence-electron chi connectivity index (χ4n) is 0.463. The highest BCUT2D eigenvalue weighted by molar-refractivity contribution is 4.51. The van der Waals surface area contributed by atoms with Gasteiger partial charge >= 0.3 is 0 Å². The lowest BCUT2D eigenvalue weighted by atomic mass is 10.4. The highest BCUT2D eigenvalue weighted by atomic mass is 16.5. The fraction of sp³-hybridized carbons (Fsp3) is 0.833. The number of rotatable bonds is 5. The fourth-order valence-corrected chi connectivity index (χ4v) is 0.463. The zero-order chi connectivity index (χ0) is 6.24. The van der Waals surface area contributed by atoms with Gasteiger partial charge in [-0.2, -0.15) is 0 Å². The van der Waals surface area contributed by atoms with Crippen LogP contribution in [-0.4, -0.2) is 20.3 Å². The first kappa shape index (κ1) is 7.92. The standard InChI is InChI=1S/C6H14NO/c1-3-7-5-4-6-8-2/h3,7H,4-6H2,1-2H3. The van der Waals surface area contributed by atoms with Gasteiger partial charge in [0.2, 0.25) is 0 Å². The molecule has 0 atom stereocenters. The SMILES string of the molecule is C[CH]NCCCOC. The quantitative estimate of drug-likeness (QED) is 0.536. The maximum atomic E-state index is 4.83. The molecule has 0 saturated heterocycles. The number of hydrogen-bond donors (Lipinski definition) is 1. The molecule has 1 radical (unpaired) electrons. The van der Waals surface area contributed by atoms with Crippen LogP contribution in [0.15, 0.2) is 0 Å². The summed E-state index contributed by atoms with van der Waals surface area (Å²) in [5, 5.41) is 3.08. The zero-order valence-corrected chi connectivity index (χ0v) is 5.61. The highest BCUT2D eigenvalue weighted by Gasteiger charge is 1.81. The van der Waals surface area contributed by atoms with Crippen LogP contribution >= 0.6 is 0 Å². The Balaban J connectivity index is 2.53. The molecule has 0 rings (SSSR count). The molecule has 0 unspecified atom stereocenters. The van der Waals surface area contributed by atoms with Crippen molar-refractivity contribution in [1.82, 2.24) is 5.32 Å². The third-order valence-electron chi connectivity index (χ3n) is 0.874. The van der Waals surface area contributed by atoms with Crippen molar-refractivity contribution in [2.24, 2.45) is 0 Å². The minimum atomic E-state index is 0.848. The lowest BCUT2D eigenvalue weighted by Gasteiger charge is -1.97. The summed E-state index contributed by atoms with van der Waals surface area (Å²) >= 11 is 0. The van der Waals surface area contributed by atoms with Gasteiger partial charge in [-0.3, -0.25) is 0 Å². The largest absolute Gasteiger partial charge is 0.385 e. The molecule has 49 valence electrons. The first-order valence-electron chi connectivity index (χ1n) is 2.92. The van der Waals surface area contributed by atoms with E-state index in [1.807, 2.05) is 13.5 Å². The van der Waals surface area contributed by atoms with Crippen molar-refractivity contribution < 1.29 is 4.74 Å². The Hall–Kier alpha value is -0.0800. The molecule has 0 saturated carbocycles. The Labute approximate surface area is 51.2 Å². The third kappa shape index (κ3) is 5.92. The predicted octanol–water partition coefficient (Wildman–Crippen LogP) is 0.794. The molecule has 0 aromatic carbocycles. The van der Waals surface area contributed by atoms with Crippen molar-refractivity contribution in [3.63, 3.8) is 0 Å². The monoisotopic (exact) mass is 116 g/mol. The first-order valence-corrected chi connectivity index (χ1v) is 2.92. The van der Waals surface area contributed by atoms with Gasteiger partial charge in [0.05, 0.1) is 0 Å². The minimum Gasteiger partial charge on any atom is -0.385 e. The van der Waals surface area contributed by atoms with Gasteiger partial charge in [-0.15, -0.1) is 0 Å². The molecular formula is C6H14NO. The van der Waals surface area contributed by atoms with Crippen molar-refractivity contribution in [1.29, 1.82) is 0 Å². The van der Waals surface area contributed by atoms with Gasteiger partial charge in [-0.05, 0) is 19.9 Å². The van der Waals surface area contributed by atoms with E-state index in [-0.39, 0.29) is 0 Å². The molecule has 2 nitrogen and oxygen atoms in total. The number of methoxy groups -OCH3 is 1. The molecule has 0 aliphatic rings. The van der Waals surface area contributed by atoms with E-state index in [4.69, 9.17) is 4.74 Å². The summed E-state index contributed by atoms with van der Waals surface area (Å²) in [6, 6.07) is 0. The normalized spacial score (nSPS) is 9.75. The van der Waals surface area contributed by atoms with E-state index in [9.17, 15) is 0 Å². The second kappa shape index (κ2) is 6.92. The van der Waals surface area contributed by atoms with Crippen molar-refractivity contribution in [3.05, 3.63) is 6.54 Å². The van der Waals surface area contributed by atoms with Crippen LogP contribution in [0.5, 0.6) is 0 Å². The Bertz CT molecular complexity index is 33.5. The van der Waals surface area contributed by atoms with E-state index in [0.29, 0.717) is 0 Å². The summed E-state index contributed by atoms with van der Waals surface area (Å²) in [5.41, 5.74) is 0. The summed E-state index contributed by atoms with van der Waals surface area (Å²) in [4.78, 5) is 0. The van der Waals surface area contributed by atoms with Gasteiger partial charge in [0.25, 0.3) is 0 Å². The molecule has 0 heterocycles. The number of nitrogens with one attached hydrogen (secondary N) is 1. The lowest BCUT2D eigenvalue weighted by molar-refractivity contribution is 0.195. The van der Waals surface area contributed by atoms with E-state index < -0.39 is 0 Å². The maximum absolute atomic E-state index is 4.83. The van der Waals surface area contributed by atoms with Gasteiger partial charge in [-0.1, -0.05) is 0 Å². The topological polar surface area (TPSA) is 21.3 Å². The number of hydrogen-bond acceptors (Lipinski definition) is 2. The zero-order valence-electron chi connectivity index (χ0n) is 5.61. The Morgan fingerprint density at radius 3 is 2.88 bits per heavy atom. The first-order chi connectivity index (χ1) is 3.91. The predicted molar refractivity (Wildman–Crippen MR) is 34.5 cm³/mol. The number of ether oxygens (including phenoxy) is 1. The van der Waals surface area contributed by atoms with Crippen molar-refractivity contribution in [2.75, 3.05) is 20.3 Å². The van der Waals surface area contributed by atoms with Gasteiger partial charge in [0.1, 0.15) is 0 Å². The van der Waals surface area contributed by atoms with E-state index >= 15 is 0 Å². The van der Waals surface area contributed by atoms with Crippen LogP contribution in [0.1, 0.15) is 13.3 Å². The second-order valence-corrected chi connectivity index (χ2v) is 1.59. The molecule has 8 heavy (non-hydrogen) atoms.